The molecule has 0 unspecified atom stereocenters. The van der Waals surface area contributed by atoms with Crippen molar-refractivity contribution in [1.82, 2.24) is 0 Å². The monoisotopic (exact) mass is 192 g/mol. The van der Waals surface area contributed by atoms with Gasteiger partial charge in [0.1, 0.15) is 0 Å². The first kappa shape index (κ1) is 11.7. The zero-order valence-corrected chi connectivity index (χ0v) is 9.40. The molecule has 0 aromatic rings. The number of thioether (sulfide) groups is 2. The second-order valence-electron chi connectivity index (χ2n) is 2.52. The lowest BCUT2D eigenvalue weighted by Crippen LogP contribution is -1.85. The lowest BCUT2D eigenvalue weighted by atomic mass is 10.4. The Hall–Kier alpha value is 0.700. The standard InChI is InChI=1S/C9H20S2/c1-3-7-11-9-6-5-8-10-4-2/h3-9H2,1-2H3. The van der Waals surface area contributed by atoms with E-state index in [1.165, 1.54) is 42.3 Å². The predicted molar refractivity (Wildman–Crippen MR) is 59.8 cm³/mol. The minimum Gasteiger partial charge on any atom is -0.162 e. The van der Waals surface area contributed by atoms with Crippen molar-refractivity contribution in [2.75, 3.05) is 23.0 Å². The van der Waals surface area contributed by atoms with Gasteiger partial charge in [0.15, 0.2) is 0 Å². The minimum atomic E-state index is 1.28. The van der Waals surface area contributed by atoms with Gasteiger partial charge in [0, 0.05) is 0 Å². The molecule has 0 aromatic carbocycles. The SMILES string of the molecule is CCCSCCCCSCC. The zero-order valence-electron chi connectivity index (χ0n) is 7.77. The minimum absolute atomic E-state index is 1.28. The van der Waals surface area contributed by atoms with Crippen LogP contribution in [0.5, 0.6) is 0 Å². The summed E-state index contributed by atoms with van der Waals surface area (Å²) in [7, 11) is 0. The molecule has 0 aromatic heterocycles. The molecule has 0 fully saturated rings. The van der Waals surface area contributed by atoms with Crippen molar-refractivity contribution in [3.05, 3.63) is 0 Å². The highest BCUT2D eigenvalue weighted by molar-refractivity contribution is 7.99. The van der Waals surface area contributed by atoms with Gasteiger partial charge in [0.2, 0.25) is 0 Å². The van der Waals surface area contributed by atoms with Crippen molar-refractivity contribution >= 4 is 23.5 Å². The highest BCUT2D eigenvalue weighted by Gasteiger charge is 1.89. The van der Waals surface area contributed by atoms with E-state index in [4.69, 9.17) is 0 Å². The van der Waals surface area contributed by atoms with Crippen molar-refractivity contribution in [3.63, 3.8) is 0 Å². The third-order valence-corrected chi connectivity index (χ3v) is 3.64. The van der Waals surface area contributed by atoms with Crippen molar-refractivity contribution in [2.45, 2.75) is 33.1 Å². The number of hydrogen-bond acceptors (Lipinski definition) is 2. The van der Waals surface area contributed by atoms with Crippen LogP contribution in [-0.4, -0.2) is 23.0 Å². The molecule has 11 heavy (non-hydrogen) atoms. The van der Waals surface area contributed by atoms with Crippen LogP contribution in [-0.2, 0) is 0 Å². The van der Waals surface area contributed by atoms with Crippen molar-refractivity contribution in [3.8, 4) is 0 Å². The Morgan fingerprint density at radius 3 is 2.00 bits per heavy atom. The Bertz CT molecular complexity index is 56.6. The maximum Gasteiger partial charge on any atom is -0.00672 e. The van der Waals surface area contributed by atoms with E-state index < -0.39 is 0 Å². The number of rotatable bonds is 8. The molecule has 0 heterocycles. The second-order valence-corrected chi connectivity index (χ2v) is 5.13. The molecule has 0 nitrogen and oxygen atoms in total. The van der Waals surface area contributed by atoms with Crippen molar-refractivity contribution in [1.29, 1.82) is 0 Å². The smallest absolute Gasteiger partial charge is 0.00672 e. The molecule has 2 heteroatoms. The van der Waals surface area contributed by atoms with Gasteiger partial charge >= 0.3 is 0 Å². The molecule has 0 radical (unpaired) electrons. The Morgan fingerprint density at radius 1 is 0.818 bits per heavy atom. The second kappa shape index (κ2) is 10.7. The Morgan fingerprint density at radius 2 is 1.45 bits per heavy atom. The van der Waals surface area contributed by atoms with Crippen molar-refractivity contribution in [2.24, 2.45) is 0 Å². The van der Waals surface area contributed by atoms with Crippen LogP contribution in [0.4, 0.5) is 0 Å². The van der Waals surface area contributed by atoms with Gasteiger partial charge in [-0.15, -0.1) is 0 Å². The summed E-state index contributed by atoms with van der Waals surface area (Å²) in [5, 5.41) is 0. The van der Waals surface area contributed by atoms with Gasteiger partial charge in [0.05, 0.1) is 0 Å². The van der Waals surface area contributed by atoms with E-state index in [1.807, 2.05) is 0 Å². The maximum atomic E-state index is 2.25. The van der Waals surface area contributed by atoms with Crippen LogP contribution in [0.3, 0.4) is 0 Å². The fraction of sp³-hybridized carbons (Fsp3) is 1.00. The third-order valence-electron chi connectivity index (χ3n) is 1.38. The molecule has 0 aliphatic carbocycles. The van der Waals surface area contributed by atoms with Crippen LogP contribution in [0.15, 0.2) is 0 Å². The topological polar surface area (TPSA) is 0 Å². The maximum absolute atomic E-state index is 2.25. The third kappa shape index (κ3) is 10.7. The van der Waals surface area contributed by atoms with Crippen molar-refractivity contribution < 1.29 is 0 Å². The Labute approximate surface area is 79.9 Å². The first-order chi connectivity index (χ1) is 5.41. The fourth-order valence-corrected chi connectivity index (χ4v) is 2.40. The molecule has 0 rings (SSSR count). The summed E-state index contributed by atoms with van der Waals surface area (Å²) in [6.45, 7) is 4.48. The van der Waals surface area contributed by atoms with Gasteiger partial charge in [0.25, 0.3) is 0 Å². The molecular formula is C9H20S2. The first-order valence-electron chi connectivity index (χ1n) is 4.57. The summed E-state index contributed by atoms with van der Waals surface area (Å²) in [5.74, 6) is 5.37. The molecule has 0 amide bonds. The van der Waals surface area contributed by atoms with E-state index in [0.717, 1.165) is 0 Å². The molecule has 0 atom stereocenters. The van der Waals surface area contributed by atoms with E-state index in [2.05, 4.69) is 37.4 Å². The van der Waals surface area contributed by atoms with Crippen LogP contribution in [0.2, 0.25) is 0 Å². The molecule has 68 valence electrons. The highest BCUT2D eigenvalue weighted by atomic mass is 32.2. The van der Waals surface area contributed by atoms with E-state index in [1.54, 1.807) is 0 Å². The Kier molecular flexibility index (Phi) is 11.4. The number of unbranched alkanes of at least 4 members (excludes halogenated alkanes) is 1. The summed E-state index contributed by atoms with van der Waals surface area (Å²) in [6.07, 6.45) is 4.15. The molecule has 0 N–H and O–H groups in total. The van der Waals surface area contributed by atoms with E-state index >= 15 is 0 Å². The Balaban J connectivity index is 2.69. The number of hydrogen-bond donors (Lipinski definition) is 0. The summed E-state index contributed by atoms with van der Waals surface area (Å²) >= 11 is 4.16. The quantitative estimate of drug-likeness (QED) is 0.538. The van der Waals surface area contributed by atoms with Gasteiger partial charge < -0.3 is 0 Å². The van der Waals surface area contributed by atoms with Crippen LogP contribution < -0.4 is 0 Å². The largest absolute Gasteiger partial charge is 0.162 e. The lowest BCUT2D eigenvalue weighted by Gasteiger charge is -1.99. The van der Waals surface area contributed by atoms with Crippen LogP contribution in [0.25, 0.3) is 0 Å². The van der Waals surface area contributed by atoms with E-state index in [0.29, 0.717) is 0 Å². The summed E-state index contributed by atoms with van der Waals surface area (Å²) in [5.41, 5.74) is 0. The first-order valence-corrected chi connectivity index (χ1v) is 6.88. The molecule has 0 aliphatic heterocycles. The molecular weight excluding hydrogens is 172 g/mol. The van der Waals surface area contributed by atoms with Gasteiger partial charge in [-0.25, -0.2) is 0 Å². The molecule has 0 aliphatic rings. The van der Waals surface area contributed by atoms with Gasteiger partial charge in [-0.1, -0.05) is 13.8 Å². The molecule has 0 saturated carbocycles. The zero-order chi connectivity index (χ0) is 8.36. The predicted octanol–water partition coefficient (Wildman–Crippen LogP) is 3.66. The van der Waals surface area contributed by atoms with Crippen LogP contribution in [0.1, 0.15) is 33.1 Å². The van der Waals surface area contributed by atoms with E-state index in [-0.39, 0.29) is 0 Å². The fourth-order valence-electron chi connectivity index (χ4n) is 0.799. The van der Waals surface area contributed by atoms with Crippen LogP contribution in [0, 0.1) is 0 Å². The molecule has 0 bridgehead atoms. The molecule has 0 saturated heterocycles. The average Bonchev–Trinajstić information content (AvgIpc) is 2.03. The lowest BCUT2D eigenvalue weighted by molar-refractivity contribution is 0.905. The van der Waals surface area contributed by atoms with Gasteiger partial charge in [-0.2, -0.15) is 23.5 Å². The highest BCUT2D eigenvalue weighted by Crippen LogP contribution is 2.08. The normalized spacial score (nSPS) is 10.4. The van der Waals surface area contributed by atoms with Gasteiger partial charge in [-0.3, -0.25) is 0 Å². The summed E-state index contributed by atoms with van der Waals surface area (Å²) in [4.78, 5) is 0. The summed E-state index contributed by atoms with van der Waals surface area (Å²) < 4.78 is 0. The summed E-state index contributed by atoms with van der Waals surface area (Å²) in [6, 6.07) is 0. The van der Waals surface area contributed by atoms with Gasteiger partial charge in [-0.05, 0) is 42.3 Å². The van der Waals surface area contributed by atoms with Crippen LogP contribution >= 0.6 is 23.5 Å². The van der Waals surface area contributed by atoms with E-state index in [9.17, 15) is 0 Å². The molecule has 0 spiro atoms. The average molecular weight is 192 g/mol.